The number of fused-ring (bicyclic) bond motifs is 1. The number of carbonyl (C=O) groups is 1. The van der Waals surface area contributed by atoms with Crippen LogP contribution in [0.5, 0.6) is 0 Å². The van der Waals surface area contributed by atoms with E-state index in [-0.39, 0.29) is 47.4 Å². The molecule has 11 heteroatoms. The van der Waals surface area contributed by atoms with Crippen LogP contribution in [-0.2, 0) is 18.7 Å². The van der Waals surface area contributed by atoms with Crippen LogP contribution in [0.4, 0.5) is 10.2 Å². The largest absolute Gasteiger partial charge is 0.458 e. The van der Waals surface area contributed by atoms with Crippen LogP contribution in [0.25, 0.3) is 11.2 Å². The Bertz CT molecular complexity index is 1770. The minimum absolute atomic E-state index is 0.0538. The van der Waals surface area contributed by atoms with Crippen molar-refractivity contribution in [2.24, 2.45) is 0 Å². The molecule has 3 atom stereocenters. The minimum atomic E-state index is -3.07. The summed E-state index contributed by atoms with van der Waals surface area (Å²) in [7, 11) is -3.07. The Morgan fingerprint density at radius 3 is 2.08 bits per heavy atom. The van der Waals surface area contributed by atoms with Gasteiger partial charge >= 0.3 is 12.0 Å². The molecule has 1 fully saturated rings. The fraction of sp³-hybridized carbons (Fsp3) is 0.524. The van der Waals surface area contributed by atoms with E-state index in [1.165, 1.54) is 57.7 Å². The zero-order chi connectivity index (χ0) is 37.9. The molecule has 0 amide bonds. The number of hydrogen-bond acceptors (Lipinski definition) is 8. The number of terminal acetylenes is 1. The lowest BCUT2D eigenvalue weighted by Gasteiger charge is -2.44. The molecule has 0 bridgehead atoms. The number of halogens is 1. The molecule has 0 unspecified atom stereocenters. The van der Waals surface area contributed by atoms with Crippen LogP contribution in [-0.4, -0.2) is 52.1 Å². The summed E-state index contributed by atoms with van der Waals surface area (Å²) in [6.07, 6.45) is 18.7. The van der Waals surface area contributed by atoms with E-state index >= 15 is 0 Å². The third-order valence-electron chi connectivity index (χ3n) is 10.4. The highest BCUT2D eigenvalue weighted by molar-refractivity contribution is 6.99. The number of carbonyl (C=O) groups excluding carboxylic acids is 1. The molecule has 2 aromatic heterocycles. The van der Waals surface area contributed by atoms with E-state index in [0.717, 1.165) is 29.6 Å². The van der Waals surface area contributed by atoms with Gasteiger partial charge in [-0.15, -0.1) is 6.42 Å². The van der Waals surface area contributed by atoms with Gasteiger partial charge in [0.2, 0.25) is 0 Å². The van der Waals surface area contributed by atoms with Gasteiger partial charge in [0, 0.05) is 12.8 Å². The van der Waals surface area contributed by atoms with Gasteiger partial charge in [0.15, 0.2) is 22.6 Å². The van der Waals surface area contributed by atoms with E-state index in [1.54, 1.807) is 4.57 Å². The number of nitrogens with two attached hydrogens (primary N) is 1. The molecule has 0 radical (unpaired) electrons. The Hall–Kier alpha value is -4.11. The van der Waals surface area contributed by atoms with Gasteiger partial charge in [0.05, 0.1) is 12.9 Å². The molecule has 0 spiro atoms. The van der Waals surface area contributed by atoms with Crippen molar-refractivity contribution < 1.29 is 23.1 Å². The number of esters is 1. The Morgan fingerprint density at radius 2 is 1.53 bits per heavy atom. The fourth-order valence-corrected chi connectivity index (χ4v) is 12.2. The normalized spacial score (nSPS) is 19.0. The number of benzene rings is 2. The summed E-state index contributed by atoms with van der Waals surface area (Å²) in [4.78, 5) is 25.4. The van der Waals surface area contributed by atoms with Crippen LogP contribution < -0.4 is 16.1 Å². The van der Waals surface area contributed by atoms with Gasteiger partial charge < -0.3 is 19.6 Å². The SMILES string of the molecule is C#C[C@]1(CO[Si](c2ccccc2)(c2ccccc2)C(C)(C)C)O[C@@H](n2cnc3c(N)nc(F)nc32)C[C@@H]1OC(=O)CCCCCCCCCCCCC. The third-order valence-corrected chi connectivity index (χ3v) is 15.4. The summed E-state index contributed by atoms with van der Waals surface area (Å²) in [6, 6.07) is 20.5. The van der Waals surface area contributed by atoms with Crippen molar-refractivity contribution in [1.82, 2.24) is 19.5 Å². The van der Waals surface area contributed by atoms with E-state index in [4.69, 9.17) is 26.1 Å². The molecule has 3 heterocycles. The van der Waals surface area contributed by atoms with Crippen molar-refractivity contribution in [1.29, 1.82) is 0 Å². The summed E-state index contributed by atoms with van der Waals surface area (Å²) in [5.41, 5.74) is 4.90. The van der Waals surface area contributed by atoms with Crippen molar-refractivity contribution in [3.63, 3.8) is 0 Å². The van der Waals surface area contributed by atoms with Crippen molar-refractivity contribution in [3.05, 3.63) is 73.1 Å². The lowest BCUT2D eigenvalue weighted by Crippen LogP contribution is -2.68. The van der Waals surface area contributed by atoms with E-state index in [9.17, 15) is 9.18 Å². The Kier molecular flexibility index (Phi) is 13.8. The van der Waals surface area contributed by atoms with Crippen molar-refractivity contribution in [2.75, 3.05) is 12.3 Å². The van der Waals surface area contributed by atoms with Gasteiger partial charge in [-0.25, -0.2) is 4.98 Å². The number of unbranched alkanes of at least 4 members (excludes halogenated alkanes) is 10. The van der Waals surface area contributed by atoms with E-state index in [2.05, 4.69) is 72.8 Å². The molecule has 4 aromatic rings. The monoisotopic (exact) mass is 741 g/mol. The molecule has 9 nitrogen and oxygen atoms in total. The Balaban J connectivity index is 1.37. The van der Waals surface area contributed by atoms with Gasteiger partial charge in [-0.3, -0.25) is 9.36 Å². The zero-order valence-electron chi connectivity index (χ0n) is 31.9. The van der Waals surface area contributed by atoms with Crippen LogP contribution in [0.15, 0.2) is 67.0 Å². The average Bonchev–Trinajstić information content (AvgIpc) is 3.73. The molecule has 284 valence electrons. The van der Waals surface area contributed by atoms with E-state index in [0.29, 0.717) is 0 Å². The number of imidazole rings is 1. The lowest BCUT2D eigenvalue weighted by molar-refractivity contribution is -0.158. The van der Waals surface area contributed by atoms with Gasteiger partial charge in [-0.2, -0.15) is 14.4 Å². The molecule has 1 aliphatic rings. The van der Waals surface area contributed by atoms with Crippen LogP contribution in [0, 0.1) is 18.4 Å². The molecular formula is C42H56FN5O4Si. The van der Waals surface area contributed by atoms with Crippen molar-refractivity contribution in [3.8, 4) is 12.3 Å². The second kappa shape index (κ2) is 18.3. The first-order chi connectivity index (χ1) is 25.5. The van der Waals surface area contributed by atoms with Crippen molar-refractivity contribution in [2.45, 2.75) is 134 Å². The van der Waals surface area contributed by atoms with Crippen LogP contribution >= 0.6 is 0 Å². The predicted molar refractivity (Wildman–Crippen MR) is 211 cm³/mol. The van der Waals surface area contributed by atoms with Gasteiger partial charge in [0.1, 0.15) is 12.3 Å². The standard InChI is InChI=1S/C42H56FN5O4Si/c1-6-8-9-10-11-12-13-14-15-16-23-28-36(49)51-34-29-35(48-31-45-37-38(44)46-40(43)47-39(37)48)52-42(34,7-2)30-50-53(41(3,4)5,32-24-19-17-20-25-32)33-26-21-18-22-27-33/h2,17-22,24-27,31,34-35H,6,8-16,23,28-30H2,1,3-5H3,(H2,44,46,47)/t34-,35+,42+/m0/s1. The topological polar surface area (TPSA) is 114 Å². The smallest absolute Gasteiger partial charge is 0.312 e. The number of nitrogens with zero attached hydrogens (tertiary/aromatic N) is 4. The second-order valence-electron chi connectivity index (χ2n) is 15.3. The van der Waals surface area contributed by atoms with Gasteiger partial charge in [-0.05, 0) is 21.8 Å². The molecule has 53 heavy (non-hydrogen) atoms. The van der Waals surface area contributed by atoms with Crippen molar-refractivity contribution >= 4 is 41.6 Å². The maximum Gasteiger partial charge on any atom is 0.312 e. The first-order valence-corrected chi connectivity index (χ1v) is 21.2. The first kappa shape index (κ1) is 40.1. The lowest BCUT2D eigenvalue weighted by atomic mass is 9.98. The predicted octanol–water partition coefficient (Wildman–Crippen LogP) is 8.03. The zero-order valence-corrected chi connectivity index (χ0v) is 32.9. The van der Waals surface area contributed by atoms with E-state index < -0.39 is 32.3 Å². The quantitative estimate of drug-likeness (QED) is 0.0338. The second-order valence-corrected chi connectivity index (χ2v) is 19.6. The first-order valence-electron chi connectivity index (χ1n) is 19.3. The molecule has 1 saturated heterocycles. The van der Waals surface area contributed by atoms with Crippen LogP contribution in [0.3, 0.4) is 0 Å². The summed E-state index contributed by atoms with van der Waals surface area (Å²) in [5.74, 6) is 2.44. The number of ether oxygens (including phenoxy) is 2. The summed E-state index contributed by atoms with van der Waals surface area (Å²) >= 11 is 0. The molecule has 0 aliphatic carbocycles. The maximum absolute atomic E-state index is 14.4. The molecular weight excluding hydrogens is 686 g/mol. The minimum Gasteiger partial charge on any atom is -0.458 e. The number of hydrogen-bond donors (Lipinski definition) is 1. The molecule has 2 N–H and O–H groups in total. The van der Waals surface area contributed by atoms with E-state index in [1.807, 2.05) is 36.4 Å². The molecule has 1 aliphatic heterocycles. The number of aromatic nitrogens is 4. The number of nitrogen functional groups attached to an aromatic ring is 1. The van der Waals surface area contributed by atoms with Crippen LogP contribution in [0.2, 0.25) is 5.04 Å². The Morgan fingerprint density at radius 1 is 0.962 bits per heavy atom. The average molecular weight is 742 g/mol. The fourth-order valence-electron chi connectivity index (χ4n) is 7.60. The van der Waals surface area contributed by atoms with Crippen LogP contribution in [0.1, 0.15) is 117 Å². The summed E-state index contributed by atoms with van der Waals surface area (Å²) in [6.45, 7) is 8.73. The maximum atomic E-state index is 14.4. The third kappa shape index (κ3) is 9.34. The molecule has 2 aromatic carbocycles. The highest BCUT2D eigenvalue weighted by atomic mass is 28.4. The van der Waals surface area contributed by atoms with Gasteiger partial charge in [0.25, 0.3) is 8.32 Å². The molecule has 0 saturated carbocycles. The number of anilines is 1. The summed E-state index contributed by atoms with van der Waals surface area (Å²) < 4.78 is 36.2. The summed E-state index contributed by atoms with van der Waals surface area (Å²) in [5, 5.41) is 1.82. The molecule has 5 rings (SSSR count). The highest BCUT2D eigenvalue weighted by Crippen LogP contribution is 2.43. The number of rotatable bonds is 19. The Labute approximate surface area is 315 Å². The van der Waals surface area contributed by atoms with Gasteiger partial charge in [-0.1, -0.05) is 158 Å². The highest BCUT2D eigenvalue weighted by Gasteiger charge is 2.56.